The molecule has 1 heterocycles. The standard InChI is InChI=1S/C69H46N2/c1-4-18-47(19-5-1)48-34-38-55(39-35-48)70(66-29-15-11-24-59(66)49-20-6-2-7-21-49)56-40-43-58-53(45-56)33-32-52-44-50(36-41-57(52)58)51-37-42-61-60-25-10-12-26-62(60)69(65(61)46-51)63-27-13-16-30-67(63)71(54-22-8-3-9-23-54)68-31-17-14-28-64(68)69/h1-46H. The monoisotopic (exact) mass is 902 g/mol. The molecular weight excluding hydrogens is 857 g/mol. The molecule has 71 heavy (non-hydrogen) atoms. The highest BCUT2D eigenvalue weighted by Gasteiger charge is 2.51. The molecule has 0 atom stereocenters. The zero-order chi connectivity index (χ0) is 46.9. The summed E-state index contributed by atoms with van der Waals surface area (Å²) in [5.74, 6) is 0. The Hall–Kier alpha value is -9.24. The van der Waals surface area contributed by atoms with Gasteiger partial charge in [0.2, 0.25) is 0 Å². The molecule has 332 valence electrons. The van der Waals surface area contributed by atoms with Gasteiger partial charge in [0.05, 0.1) is 22.5 Å². The molecule has 0 saturated carbocycles. The second-order valence-corrected chi connectivity index (χ2v) is 18.8. The Morgan fingerprint density at radius 2 is 0.761 bits per heavy atom. The van der Waals surface area contributed by atoms with Crippen LogP contribution in [0.3, 0.4) is 0 Å². The van der Waals surface area contributed by atoms with Crippen molar-refractivity contribution in [1.29, 1.82) is 0 Å². The summed E-state index contributed by atoms with van der Waals surface area (Å²) in [6.07, 6.45) is 0. The number of hydrogen-bond acceptors (Lipinski definition) is 2. The van der Waals surface area contributed by atoms with Crippen LogP contribution in [-0.2, 0) is 5.41 Å². The molecule has 0 unspecified atom stereocenters. The van der Waals surface area contributed by atoms with Gasteiger partial charge < -0.3 is 9.80 Å². The number of nitrogens with zero attached hydrogens (tertiary/aromatic N) is 2. The Bertz CT molecular complexity index is 3940. The largest absolute Gasteiger partial charge is 0.310 e. The highest BCUT2D eigenvalue weighted by atomic mass is 15.2. The van der Waals surface area contributed by atoms with Gasteiger partial charge in [0.25, 0.3) is 0 Å². The Labute approximate surface area is 414 Å². The lowest BCUT2D eigenvalue weighted by atomic mass is 9.64. The zero-order valence-electron chi connectivity index (χ0n) is 39.0. The second kappa shape index (κ2) is 16.5. The molecule has 0 aromatic heterocycles. The molecule has 0 N–H and O–H groups in total. The molecule has 14 rings (SSSR count). The molecule has 12 aromatic rings. The van der Waals surface area contributed by atoms with Gasteiger partial charge in [-0.2, -0.15) is 0 Å². The van der Waals surface area contributed by atoms with Crippen molar-refractivity contribution in [1.82, 2.24) is 0 Å². The first-order valence-electron chi connectivity index (χ1n) is 24.6. The number of anilines is 6. The van der Waals surface area contributed by atoms with E-state index < -0.39 is 5.41 Å². The quantitative estimate of drug-likeness (QED) is 0.147. The fraction of sp³-hybridized carbons (Fsp3) is 0.0145. The van der Waals surface area contributed by atoms with Crippen LogP contribution >= 0.6 is 0 Å². The van der Waals surface area contributed by atoms with E-state index in [1.807, 2.05) is 0 Å². The second-order valence-electron chi connectivity index (χ2n) is 18.8. The topological polar surface area (TPSA) is 6.48 Å². The van der Waals surface area contributed by atoms with Crippen LogP contribution in [0.4, 0.5) is 34.1 Å². The van der Waals surface area contributed by atoms with E-state index in [0.717, 1.165) is 22.7 Å². The van der Waals surface area contributed by atoms with Gasteiger partial charge in [0.15, 0.2) is 0 Å². The number of para-hydroxylation sites is 4. The summed E-state index contributed by atoms with van der Waals surface area (Å²) in [6, 6.07) is 103. The van der Waals surface area contributed by atoms with Gasteiger partial charge >= 0.3 is 0 Å². The average Bonchev–Trinajstić information content (AvgIpc) is 3.74. The molecule has 1 aliphatic heterocycles. The van der Waals surface area contributed by atoms with Crippen LogP contribution in [-0.4, -0.2) is 0 Å². The number of fused-ring (bicyclic) bond motifs is 12. The molecule has 2 heteroatoms. The maximum absolute atomic E-state index is 2.49. The molecule has 0 radical (unpaired) electrons. The van der Waals surface area contributed by atoms with Gasteiger partial charge in [0.1, 0.15) is 0 Å². The maximum atomic E-state index is 2.49. The lowest BCUT2D eigenvalue weighted by Crippen LogP contribution is -2.36. The van der Waals surface area contributed by atoms with Gasteiger partial charge in [-0.05, 0) is 149 Å². The molecule has 0 saturated heterocycles. The molecule has 1 aliphatic carbocycles. The lowest BCUT2D eigenvalue weighted by molar-refractivity contribution is 0.753. The van der Waals surface area contributed by atoms with Crippen LogP contribution < -0.4 is 9.80 Å². The number of rotatable bonds is 7. The number of benzene rings is 12. The summed E-state index contributed by atoms with van der Waals surface area (Å²) in [4.78, 5) is 4.85. The average molecular weight is 903 g/mol. The van der Waals surface area contributed by atoms with Crippen LogP contribution in [0.2, 0.25) is 0 Å². The first-order valence-corrected chi connectivity index (χ1v) is 24.6. The van der Waals surface area contributed by atoms with Crippen molar-refractivity contribution >= 4 is 55.7 Å². The van der Waals surface area contributed by atoms with Crippen LogP contribution in [0.1, 0.15) is 22.3 Å². The first-order chi connectivity index (χ1) is 35.2. The molecule has 12 aromatic carbocycles. The van der Waals surface area contributed by atoms with E-state index in [-0.39, 0.29) is 0 Å². The summed E-state index contributed by atoms with van der Waals surface area (Å²) in [6.45, 7) is 0. The van der Waals surface area contributed by atoms with Crippen molar-refractivity contribution in [2.45, 2.75) is 5.41 Å². The van der Waals surface area contributed by atoms with Crippen molar-refractivity contribution in [3.8, 4) is 44.5 Å². The van der Waals surface area contributed by atoms with Crippen LogP contribution in [0.25, 0.3) is 66.1 Å². The SMILES string of the molecule is c1ccc(-c2ccc(N(c3ccc4c(ccc5cc(-c6ccc7c(c6)C6(c8ccccc8-7)c7ccccc7N(c7ccccc7)c7ccccc76)ccc54)c3)c3ccccc3-c3ccccc3)cc2)cc1. The van der Waals surface area contributed by atoms with E-state index in [1.54, 1.807) is 0 Å². The summed E-state index contributed by atoms with van der Waals surface area (Å²) >= 11 is 0. The normalized spacial score (nSPS) is 12.9. The van der Waals surface area contributed by atoms with E-state index in [4.69, 9.17) is 0 Å². The Kier molecular flexibility index (Phi) is 9.47. The highest BCUT2D eigenvalue weighted by Crippen LogP contribution is 2.63. The molecule has 2 aliphatic rings. The van der Waals surface area contributed by atoms with E-state index in [2.05, 4.69) is 289 Å². The van der Waals surface area contributed by atoms with Crippen molar-refractivity contribution in [2.75, 3.05) is 9.80 Å². The predicted molar refractivity (Wildman–Crippen MR) is 298 cm³/mol. The van der Waals surface area contributed by atoms with E-state index in [9.17, 15) is 0 Å². The summed E-state index contributed by atoms with van der Waals surface area (Å²) in [7, 11) is 0. The van der Waals surface area contributed by atoms with Crippen LogP contribution in [0, 0.1) is 0 Å². The number of hydrogen-bond donors (Lipinski definition) is 0. The van der Waals surface area contributed by atoms with Gasteiger partial charge in [-0.1, -0.05) is 212 Å². The Morgan fingerprint density at radius 1 is 0.282 bits per heavy atom. The molecule has 1 spiro atoms. The summed E-state index contributed by atoms with van der Waals surface area (Å²) < 4.78 is 0. The van der Waals surface area contributed by atoms with Crippen LogP contribution in [0.5, 0.6) is 0 Å². The molecule has 0 amide bonds. The summed E-state index contributed by atoms with van der Waals surface area (Å²) in [5, 5.41) is 4.89. The van der Waals surface area contributed by atoms with Crippen LogP contribution in [0.15, 0.2) is 279 Å². The molecule has 0 fully saturated rings. The zero-order valence-corrected chi connectivity index (χ0v) is 39.0. The Balaban J connectivity index is 0.885. The first kappa shape index (κ1) is 40.8. The molecular formula is C69H46N2. The fourth-order valence-corrected chi connectivity index (χ4v) is 11.9. The van der Waals surface area contributed by atoms with Gasteiger partial charge in [-0.25, -0.2) is 0 Å². The minimum atomic E-state index is -0.509. The van der Waals surface area contributed by atoms with E-state index in [0.29, 0.717) is 0 Å². The lowest BCUT2D eigenvalue weighted by Gasteiger charge is -2.45. The van der Waals surface area contributed by atoms with Gasteiger partial charge in [-0.15, -0.1) is 0 Å². The minimum absolute atomic E-state index is 0.509. The van der Waals surface area contributed by atoms with Gasteiger partial charge in [-0.3, -0.25) is 0 Å². The smallest absolute Gasteiger partial charge is 0.0754 e. The third-order valence-corrected chi connectivity index (χ3v) is 15.0. The third-order valence-electron chi connectivity index (χ3n) is 15.0. The Morgan fingerprint density at radius 3 is 1.46 bits per heavy atom. The maximum Gasteiger partial charge on any atom is 0.0754 e. The van der Waals surface area contributed by atoms with Crippen molar-refractivity contribution in [3.63, 3.8) is 0 Å². The molecule has 0 bridgehead atoms. The minimum Gasteiger partial charge on any atom is -0.310 e. The fourth-order valence-electron chi connectivity index (χ4n) is 11.9. The van der Waals surface area contributed by atoms with Gasteiger partial charge in [0, 0.05) is 22.6 Å². The third kappa shape index (κ3) is 6.42. The van der Waals surface area contributed by atoms with Crippen molar-refractivity contribution < 1.29 is 0 Å². The van der Waals surface area contributed by atoms with E-state index in [1.165, 1.54) is 99.7 Å². The van der Waals surface area contributed by atoms with E-state index >= 15 is 0 Å². The molecule has 2 nitrogen and oxygen atoms in total. The predicted octanol–water partition coefficient (Wildman–Crippen LogP) is 18.6. The highest BCUT2D eigenvalue weighted by molar-refractivity contribution is 6.10. The van der Waals surface area contributed by atoms with Crippen molar-refractivity contribution in [3.05, 3.63) is 301 Å². The van der Waals surface area contributed by atoms with Crippen molar-refractivity contribution in [2.24, 2.45) is 0 Å². The summed E-state index contributed by atoms with van der Waals surface area (Å²) in [5.41, 5.74) is 21.4.